The van der Waals surface area contributed by atoms with Crippen molar-refractivity contribution in [3.05, 3.63) is 70.1 Å². The predicted octanol–water partition coefficient (Wildman–Crippen LogP) is 5.33. The van der Waals surface area contributed by atoms with Crippen molar-refractivity contribution >= 4 is 28.2 Å². The van der Waals surface area contributed by atoms with Crippen LogP contribution in [0.15, 0.2) is 47.5 Å². The van der Waals surface area contributed by atoms with Gasteiger partial charge < -0.3 is 0 Å². The minimum absolute atomic E-state index is 0.201. The first-order chi connectivity index (χ1) is 12.2. The first-order valence-corrected chi connectivity index (χ1v) is 8.91. The van der Waals surface area contributed by atoms with E-state index in [1.165, 1.54) is 6.07 Å². The molecule has 0 aliphatic carbocycles. The van der Waals surface area contributed by atoms with Gasteiger partial charge in [-0.15, -0.1) is 10.2 Å². The van der Waals surface area contributed by atoms with E-state index in [1.54, 1.807) is 6.07 Å². The zero-order valence-electron chi connectivity index (χ0n) is 15.1. The van der Waals surface area contributed by atoms with Gasteiger partial charge in [-0.2, -0.15) is 0 Å². The summed E-state index contributed by atoms with van der Waals surface area (Å²) in [4.78, 5) is 5.01. The summed E-state index contributed by atoms with van der Waals surface area (Å²) in [6.07, 6.45) is 0. The lowest BCUT2D eigenvalue weighted by atomic mass is 9.66. The molecule has 0 bridgehead atoms. The van der Waals surface area contributed by atoms with Crippen LogP contribution in [-0.4, -0.2) is 21.4 Å². The zero-order chi connectivity index (χ0) is 18.7. The van der Waals surface area contributed by atoms with Crippen molar-refractivity contribution in [1.29, 1.82) is 0 Å². The highest BCUT2D eigenvalue weighted by molar-refractivity contribution is 6.31. The number of aromatic nitrogens is 2. The highest BCUT2D eigenvalue weighted by Crippen LogP contribution is 2.44. The minimum Gasteiger partial charge on any atom is -0.275 e. The van der Waals surface area contributed by atoms with Gasteiger partial charge in [0.1, 0.15) is 11.2 Å². The lowest BCUT2D eigenvalue weighted by Gasteiger charge is -2.44. The maximum atomic E-state index is 13.9. The molecule has 3 nitrogen and oxygen atoms in total. The average molecular weight is 368 g/mol. The largest absolute Gasteiger partial charge is 0.275 e. The van der Waals surface area contributed by atoms with Crippen molar-refractivity contribution in [2.24, 2.45) is 4.99 Å². The number of benzene rings is 2. The van der Waals surface area contributed by atoms with E-state index in [2.05, 4.69) is 37.9 Å². The Morgan fingerprint density at radius 3 is 2.50 bits per heavy atom. The van der Waals surface area contributed by atoms with Gasteiger partial charge in [-0.1, -0.05) is 43.6 Å². The van der Waals surface area contributed by atoms with E-state index in [-0.39, 0.29) is 22.3 Å². The van der Waals surface area contributed by atoms with E-state index in [0.717, 1.165) is 16.8 Å². The van der Waals surface area contributed by atoms with Gasteiger partial charge >= 0.3 is 0 Å². The van der Waals surface area contributed by atoms with Crippen molar-refractivity contribution < 1.29 is 4.39 Å². The molecule has 0 unspecified atom stereocenters. The second kappa shape index (κ2) is 5.58. The van der Waals surface area contributed by atoms with E-state index in [4.69, 9.17) is 16.6 Å². The maximum absolute atomic E-state index is 13.9. The maximum Gasteiger partial charge on any atom is 0.151 e. The third-order valence-corrected chi connectivity index (χ3v) is 5.88. The van der Waals surface area contributed by atoms with Crippen molar-refractivity contribution in [3.63, 3.8) is 0 Å². The Bertz CT molecular complexity index is 1070. The Morgan fingerprint density at radius 1 is 0.962 bits per heavy atom. The molecule has 26 heavy (non-hydrogen) atoms. The summed E-state index contributed by atoms with van der Waals surface area (Å²) in [5.74, 6) is -0.374. The van der Waals surface area contributed by atoms with Gasteiger partial charge in [-0.3, -0.25) is 4.99 Å². The van der Waals surface area contributed by atoms with Crippen LogP contribution in [0.2, 0.25) is 5.02 Å². The van der Waals surface area contributed by atoms with Gasteiger partial charge in [0.05, 0.1) is 11.3 Å². The van der Waals surface area contributed by atoms with E-state index in [9.17, 15) is 4.39 Å². The smallest absolute Gasteiger partial charge is 0.151 e. The van der Waals surface area contributed by atoms with Gasteiger partial charge in [0.15, 0.2) is 5.82 Å². The number of fused-ring (bicyclic) bond motifs is 2. The molecule has 132 valence electrons. The number of hydrogen-bond acceptors (Lipinski definition) is 3. The van der Waals surface area contributed by atoms with Crippen molar-refractivity contribution in [1.82, 2.24) is 10.2 Å². The Hall–Kier alpha value is -2.33. The van der Waals surface area contributed by atoms with Crippen LogP contribution in [0.5, 0.6) is 0 Å². The van der Waals surface area contributed by atoms with Crippen LogP contribution in [0, 0.1) is 5.82 Å². The fourth-order valence-electron chi connectivity index (χ4n) is 3.39. The van der Waals surface area contributed by atoms with Crippen LogP contribution in [0.1, 0.15) is 44.5 Å². The Morgan fingerprint density at radius 2 is 1.73 bits per heavy atom. The monoisotopic (exact) mass is 367 g/mol. The molecule has 1 aliphatic rings. The number of aliphatic imine (C=N–C) groups is 1. The highest BCUT2D eigenvalue weighted by Gasteiger charge is 2.44. The standard InChI is InChI=1S/C21H19ClFN3/c1-20(2)15-11-13(22)8-9-14(15)19(24-21(20,3)4)17-10-12-6-5-7-16(23)18(12)26-25-17/h5-11H,1-4H3. The lowest BCUT2D eigenvalue weighted by molar-refractivity contribution is 0.303. The van der Waals surface area contributed by atoms with E-state index in [0.29, 0.717) is 16.1 Å². The molecule has 1 aromatic heterocycles. The molecule has 1 aliphatic heterocycles. The SMILES string of the molecule is CC1(C)N=C(c2cc3cccc(F)c3nn2)c2ccc(Cl)cc2C1(C)C. The second-order valence-corrected chi connectivity index (χ2v) is 8.18. The van der Waals surface area contributed by atoms with Crippen LogP contribution in [0.3, 0.4) is 0 Å². The average Bonchev–Trinajstić information content (AvgIpc) is 2.59. The zero-order valence-corrected chi connectivity index (χ0v) is 15.9. The minimum atomic E-state index is -0.374. The Kier molecular flexibility index (Phi) is 3.67. The summed E-state index contributed by atoms with van der Waals surface area (Å²) in [5, 5.41) is 9.77. The molecule has 2 aromatic carbocycles. The normalized spacial score (nSPS) is 17.7. The quantitative estimate of drug-likeness (QED) is 0.583. The summed E-state index contributed by atoms with van der Waals surface area (Å²) in [7, 11) is 0. The van der Waals surface area contributed by atoms with Crippen LogP contribution < -0.4 is 0 Å². The molecule has 0 saturated heterocycles. The first-order valence-electron chi connectivity index (χ1n) is 8.53. The predicted molar refractivity (Wildman–Crippen MR) is 104 cm³/mol. The van der Waals surface area contributed by atoms with Gasteiger partial charge in [-0.05, 0) is 43.7 Å². The van der Waals surface area contributed by atoms with Crippen molar-refractivity contribution in [2.75, 3.05) is 0 Å². The summed E-state index contributed by atoms with van der Waals surface area (Å²) in [5.41, 5.74) is 3.22. The van der Waals surface area contributed by atoms with Crippen molar-refractivity contribution in [2.45, 2.75) is 38.6 Å². The molecular weight excluding hydrogens is 349 g/mol. The number of nitrogens with zero attached hydrogens (tertiary/aromatic N) is 3. The summed E-state index contributed by atoms with van der Waals surface area (Å²) >= 11 is 6.28. The molecule has 0 saturated carbocycles. The third kappa shape index (κ3) is 2.43. The van der Waals surface area contributed by atoms with E-state index in [1.807, 2.05) is 30.3 Å². The molecule has 0 spiro atoms. The first kappa shape index (κ1) is 17.1. The van der Waals surface area contributed by atoms with Crippen LogP contribution in [0.25, 0.3) is 10.9 Å². The Balaban J connectivity index is 1.98. The molecule has 3 aromatic rings. The number of rotatable bonds is 1. The molecule has 0 radical (unpaired) electrons. The van der Waals surface area contributed by atoms with Gasteiger partial charge in [0.25, 0.3) is 0 Å². The lowest BCUT2D eigenvalue weighted by Crippen LogP contribution is -2.46. The van der Waals surface area contributed by atoms with Crippen LogP contribution in [-0.2, 0) is 5.41 Å². The second-order valence-electron chi connectivity index (χ2n) is 7.74. The summed E-state index contributed by atoms with van der Waals surface area (Å²) in [6, 6.07) is 12.6. The Labute approximate surface area is 156 Å². The van der Waals surface area contributed by atoms with E-state index < -0.39 is 0 Å². The van der Waals surface area contributed by atoms with Gasteiger partial charge in [-0.25, -0.2) is 4.39 Å². The fraction of sp³-hybridized carbons (Fsp3) is 0.286. The molecule has 2 heterocycles. The van der Waals surface area contributed by atoms with Gasteiger partial charge in [0.2, 0.25) is 0 Å². The molecule has 0 N–H and O–H groups in total. The number of halogens is 2. The van der Waals surface area contributed by atoms with Crippen LogP contribution in [0.4, 0.5) is 4.39 Å². The molecule has 5 heteroatoms. The fourth-order valence-corrected chi connectivity index (χ4v) is 3.57. The molecule has 0 amide bonds. The van der Waals surface area contributed by atoms with Crippen molar-refractivity contribution in [3.8, 4) is 0 Å². The molecule has 0 atom stereocenters. The summed E-state index contributed by atoms with van der Waals surface area (Å²) in [6.45, 7) is 8.55. The molecule has 4 rings (SSSR count). The van der Waals surface area contributed by atoms with Crippen LogP contribution >= 0.6 is 11.6 Å². The molecule has 0 fully saturated rings. The summed E-state index contributed by atoms with van der Waals surface area (Å²) < 4.78 is 13.9. The molecular formula is C21H19ClFN3. The highest BCUT2D eigenvalue weighted by atomic mass is 35.5. The third-order valence-electron chi connectivity index (χ3n) is 5.64. The topological polar surface area (TPSA) is 38.1 Å². The van der Waals surface area contributed by atoms with Gasteiger partial charge in [0, 0.05) is 21.4 Å². The number of hydrogen-bond donors (Lipinski definition) is 0. The van der Waals surface area contributed by atoms with E-state index >= 15 is 0 Å².